The SMILES string of the molecule is COc1ccc(C(=N)C2C(=O)C(=O)N(c3ccc(C(F)(F)F)cc3)C2c2ccccc2)cc1. The van der Waals surface area contributed by atoms with Crippen molar-refractivity contribution in [2.24, 2.45) is 5.92 Å². The Morgan fingerprint density at radius 2 is 1.52 bits per heavy atom. The number of benzene rings is 3. The maximum absolute atomic E-state index is 13.1. The summed E-state index contributed by atoms with van der Waals surface area (Å²) in [6.45, 7) is 0. The summed E-state index contributed by atoms with van der Waals surface area (Å²) in [6.07, 6.45) is -4.53. The third-order valence-electron chi connectivity index (χ3n) is 5.63. The van der Waals surface area contributed by atoms with E-state index in [1.54, 1.807) is 54.6 Å². The Hall–Kier alpha value is -3.94. The number of rotatable bonds is 5. The normalized spacial score (nSPS) is 18.5. The van der Waals surface area contributed by atoms with Crippen LogP contribution in [0.4, 0.5) is 18.9 Å². The van der Waals surface area contributed by atoms with E-state index in [9.17, 15) is 22.8 Å². The zero-order valence-electron chi connectivity index (χ0n) is 17.5. The molecule has 1 fully saturated rings. The topological polar surface area (TPSA) is 70.5 Å². The van der Waals surface area contributed by atoms with Gasteiger partial charge in [-0.2, -0.15) is 13.2 Å². The number of ketones is 1. The van der Waals surface area contributed by atoms with Crippen LogP contribution in [-0.2, 0) is 15.8 Å². The fourth-order valence-electron chi connectivity index (χ4n) is 3.99. The summed E-state index contributed by atoms with van der Waals surface area (Å²) in [6, 6.07) is 18.5. The van der Waals surface area contributed by atoms with Crippen LogP contribution in [0.3, 0.4) is 0 Å². The number of nitrogens with one attached hydrogen (secondary N) is 1. The highest BCUT2D eigenvalue weighted by molar-refractivity contribution is 6.49. The van der Waals surface area contributed by atoms with E-state index in [0.29, 0.717) is 16.9 Å². The minimum Gasteiger partial charge on any atom is -0.497 e. The molecule has 2 atom stereocenters. The van der Waals surface area contributed by atoms with Gasteiger partial charge in [-0.25, -0.2) is 0 Å². The lowest BCUT2D eigenvalue weighted by atomic mass is 9.85. The molecule has 0 saturated carbocycles. The van der Waals surface area contributed by atoms with Crippen molar-refractivity contribution in [2.45, 2.75) is 12.2 Å². The predicted octanol–water partition coefficient (Wildman–Crippen LogP) is 5.06. The molecular weight excluding hydrogens is 433 g/mol. The van der Waals surface area contributed by atoms with E-state index in [4.69, 9.17) is 10.1 Å². The molecule has 8 heteroatoms. The van der Waals surface area contributed by atoms with Crippen molar-refractivity contribution in [3.63, 3.8) is 0 Å². The molecule has 3 aromatic carbocycles. The Balaban J connectivity index is 1.79. The molecule has 2 unspecified atom stereocenters. The van der Waals surface area contributed by atoms with Gasteiger partial charge in [0.1, 0.15) is 5.75 Å². The molecule has 0 aromatic heterocycles. The number of amides is 1. The smallest absolute Gasteiger partial charge is 0.416 e. The molecule has 33 heavy (non-hydrogen) atoms. The van der Waals surface area contributed by atoms with E-state index in [1.807, 2.05) is 0 Å². The number of methoxy groups -OCH3 is 1. The molecule has 0 aliphatic carbocycles. The second-order valence-corrected chi connectivity index (χ2v) is 7.56. The van der Waals surface area contributed by atoms with Crippen molar-refractivity contribution in [2.75, 3.05) is 12.0 Å². The largest absolute Gasteiger partial charge is 0.497 e. The zero-order chi connectivity index (χ0) is 23.8. The Morgan fingerprint density at radius 3 is 2.06 bits per heavy atom. The molecular formula is C25H19F3N2O3. The third-order valence-corrected chi connectivity index (χ3v) is 5.63. The lowest BCUT2D eigenvalue weighted by molar-refractivity contribution is -0.137. The van der Waals surface area contributed by atoms with E-state index in [1.165, 1.54) is 24.1 Å². The fourth-order valence-corrected chi connectivity index (χ4v) is 3.99. The molecule has 1 amide bonds. The third kappa shape index (κ3) is 4.11. The number of ether oxygens (including phenoxy) is 1. The molecule has 1 heterocycles. The molecule has 5 nitrogen and oxygen atoms in total. The fraction of sp³-hybridized carbons (Fsp3) is 0.160. The maximum atomic E-state index is 13.1. The van der Waals surface area contributed by atoms with Crippen LogP contribution in [0.1, 0.15) is 22.7 Å². The van der Waals surface area contributed by atoms with Gasteiger partial charge in [-0.3, -0.25) is 14.5 Å². The van der Waals surface area contributed by atoms with Gasteiger partial charge in [-0.05, 0) is 59.7 Å². The van der Waals surface area contributed by atoms with Gasteiger partial charge < -0.3 is 10.1 Å². The predicted molar refractivity (Wildman–Crippen MR) is 116 cm³/mol. The number of halogens is 3. The maximum Gasteiger partial charge on any atom is 0.416 e. The van der Waals surface area contributed by atoms with Crippen LogP contribution >= 0.6 is 0 Å². The van der Waals surface area contributed by atoms with Crippen LogP contribution in [0, 0.1) is 11.3 Å². The highest BCUT2D eigenvalue weighted by atomic mass is 19.4. The van der Waals surface area contributed by atoms with Gasteiger partial charge in [0.15, 0.2) is 0 Å². The number of carbonyl (C=O) groups is 2. The van der Waals surface area contributed by atoms with Crippen molar-refractivity contribution < 1.29 is 27.5 Å². The number of Topliss-reactive ketones (excluding diaryl/α,β-unsaturated/α-hetero) is 1. The standard InChI is InChI=1S/C25H19F3N2O3/c1-33-19-13-7-15(8-14-19)21(29)20-22(16-5-3-2-4-6-16)30(24(32)23(20)31)18-11-9-17(10-12-18)25(26,27)28/h2-14,20,22,29H,1H3. The highest BCUT2D eigenvalue weighted by Crippen LogP contribution is 2.42. The molecule has 168 valence electrons. The van der Waals surface area contributed by atoms with Crippen molar-refractivity contribution >= 4 is 23.1 Å². The van der Waals surface area contributed by atoms with E-state index >= 15 is 0 Å². The summed E-state index contributed by atoms with van der Waals surface area (Å²) in [7, 11) is 1.51. The first kappa shape index (κ1) is 22.3. The monoisotopic (exact) mass is 452 g/mol. The molecule has 4 rings (SSSR count). The van der Waals surface area contributed by atoms with Crippen molar-refractivity contribution in [1.29, 1.82) is 5.41 Å². The summed E-state index contributed by atoms with van der Waals surface area (Å²) in [4.78, 5) is 27.3. The molecule has 1 aliphatic rings. The van der Waals surface area contributed by atoms with Crippen molar-refractivity contribution in [3.8, 4) is 5.75 Å². The van der Waals surface area contributed by atoms with Crippen molar-refractivity contribution in [1.82, 2.24) is 0 Å². The van der Waals surface area contributed by atoms with Gasteiger partial charge in [0, 0.05) is 5.69 Å². The quantitative estimate of drug-likeness (QED) is 0.435. The van der Waals surface area contributed by atoms with Gasteiger partial charge in [0.05, 0.1) is 30.3 Å². The number of nitrogens with zero attached hydrogens (tertiary/aromatic N) is 1. The van der Waals surface area contributed by atoms with E-state index < -0.39 is 35.4 Å². The van der Waals surface area contributed by atoms with E-state index in [2.05, 4.69) is 0 Å². The summed E-state index contributed by atoms with van der Waals surface area (Å²) >= 11 is 0. The summed E-state index contributed by atoms with van der Waals surface area (Å²) < 4.78 is 44.2. The van der Waals surface area contributed by atoms with Gasteiger partial charge >= 0.3 is 6.18 Å². The average Bonchev–Trinajstić information content (AvgIpc) is 3.09. The van der Waals surface area contributed by atoms with E-state index in [0.717, 1.165) is 12.1 Å². The Bertz CT molecular complexity index is 1190. The number of alkyl halides is 3. The van der Waals surface area contributed by atoms with Gasteiger partial charge in [0.2, 0.25) is 5.78 Å². The van der Waals surface area contributed by atoms with Crippen molar-refractivity contribution in [3.05, 3.63) is 95.6 Å². The molecule has 0 radical (unpaired) electrons. The number of hydrogen-bond acceptors (Lipinski definition) is 4. The minimum absolute atomic E-state index is 0.0562. The summed E-state index contributed by atoms with van der Waals surface area (Å²) in [5, 5.41) is 8.73. The van der Waals surface area contributed by atoms with Crippen LogP contribution in [0.5, 0.6) is 5.75 Å². The summed E-state index contributed by atoms with van der Waals surface area (Å²) in [5.41, 5.74) is 0.277. The molecule has 1 aliphatic heterocycles. The number of hydrogen-bond donors (Lipinski definition) is 1. The first-order valence-electron chi connectivity index (χ1n) is 10.0. The van der Waals surface area contributed by atoms with Gasteiger partial charge in [0.25, 0.3) is 5.91 Å². The van der Waals surface area contributed by atoms with Gasteiger partial charge in [-0.1, -0.05) is 30.3 Å². The van der Waals surface area contributed by atoms with Crippen LogP contribution in [-0.4, -0.2) is 24.5 Å². The molecule has 1 saturated heterocycles. The zero-order valence-corrected chi connectivity index (χ0v) is 17.5. The van der Waals surface area contributed by atoms with Gasteiger partial charge in [-0.15, -0.1) is 0 Å². The first-order valence-corrected chi connectivity index (χ1v) is 10.0. The highest BCUT2D eigenvalue weighted by Gasteiger charge is 2.51. The van der Waals surface area contributed by atoms with Crippen LogP contribution in [0.2, 0.25) is 0 Å². The average molecular weight is 452 g/mol. The molecule has 3 aromatic rings. The number of carbonyl (C=O) groups excluding carboxylic acids is 2. The Kier molecular flexibility index (Phi) is 5.76. The minimum atomic E-state index is -4.53. The van der Waals surface area contributed by atoms with E-state index in [-0.39, 0.29) is 11.4 Å². The first-order chi connectivity index (χ1) is 15.7. The Labute approximate surface area is 187 Å². The van der Waals surface area contributed by atoms with Crippen LogP contribution < -0.4 is 9.64 Å². The van der Waals surface area contributed by atoms with Crippen LogP contribution in [0.25, 0.3) is 0 Å². The molecule has 1 N–H and O–H groups in total. The van der Waals surface area contributed by atoms with Crippen LogP contribution in [0.15, 0.2) is 78.9 Å². The molecule has 0 bridgehead atoms. The lowest BCUT2D eigenvalue weighted by Gasteiger charge is -2.28. The number of anilines is 1. The summed E-state index contributed by atoms with van der Waals surface area (Å²) in [5.74, 6) is -2.21. The second-order valence-electron chi connectivity index (χ2n) is 7.56. The second kappa shape index (κ2) is 8.54. The molecule has 0 spiro atoms. The lowest BCUT2D eigenvalue weighted by Crippen LogP contribution is -2.30. The Morgan fingerprint density at radius 1 is 0.909 bits per heavy atom.